The Morgan fingerprint density at radius 3 is 2.09 bits per heavy atom. The smallest absolute Gasteiger partial charge is 0.459 e. The van der Waals surface area contributed by atoms with Gasteiger partial charge in [0, 0.05) is 0 Å². The monoisotopic (exact) mass is 348 g/mol. The first-order valence-corrected chi connectivity index (χ1v) is 6.52. The highest BCUT2D eigenvalue weighted by Crippen LogP contribution is 2.50. The molecule has 0 radical (unpaired) electrons. The van der Waals surface area contributed by atoms with Crippen LogP contribution < -0.4 is 4.74 Å². The summed E-state index contributed by atoms with van der Waals surface area (Å²) in [4.78, 5) is 0. The summed E-state index contributed by atoms with van der Waals surface area (Å²) >= 11 is 0. The molecule has 0 heterocycles. The first-order valence-electron chi connectivity index (χ1n) is 6.52. The minimum absolute atomic E-state index is 0.163. The van der Waals surface area contributed by atoms with Crippen molar-refractivity contribution in [3.63, 3.8) is 0 Å². The first-order chi connectivity index (χ1) is 10.2. The van der Waals surface area contributed by atoms with Gasteiger partial charge in [-0.1, -0.05) is 12.1 Å². The molecule has 9 heteroatoms. The van der Waals surface area contributed by atoms with Crippen molar-refractivity contribution in [2.45, 2.75) is 43.9 Å². The third-order valence-electron chi connectivity index (χ3n) is 3.15. The van der Waals surface area contributed by atoms with Gasteiger partial charge in [-0.25, -0.2) is 0 Å². The standard InChI is InChI=1S/C14H15F7O2/c1-3-23-10-6-4-5-9(7-10)11(2,22)8-12(15,16)13(17,18)14(19,20)21/h4-7,22H,3,8H2,1-2H3. The lowest BCUT2D eigenvalue weighted by Gasteiger charge is -2.34. The molecule has 0 aliphatic heterocycles. The largest absolute Gasteiger partial charge is 0.494 e. The SMILES string of the molecule is CCOc1cccc(C(C)(O)CC(F)(F)C(F)(F)C(F)(F)F)c1. The predicted octanol–water partition coefficient (Wildman–Crippen LogP) is 4.52. The lowest BCUT2D eigenvalue weighted by Crippen LogP contribution is -2.54. The zero-order valence-corrected chi connectivity index (χ0v) is 12.2. The van der Waals surface area contributed by atoms with E-state index in [9.17, 15) is 35.8 Å². The molecule has 1 atom stereocenters. The second-order valence-corrected chi connectivity index (χ2v) is 5.19. The van der Waals surface area contributed by atoms with Crippen LogP contribution in [0.5, 0.6) is 5.75 Å². The number of hydrogen-bond acceptors (Lipinski definition) is 2. The molecular formula is C14H15F7O2. The Hall–Kier alpha value is -1.51. The molecule has 1 unspecified atom stereocenters. The third-order valence-corrected chi connectivity index (χ3v) is 3.15. The van der Waals surface area contributed by atoms with Gasteiger partial charge in [0.05, 0.1) is 18.6 Å². The molecule has 0 aliphatic rings. The second-order valence-electron chi connectivity index (χ2n) is 5.19. The molecule has 1 aromatic rings. The first kappa shape index (κ1) is 19.5. The minimum Gasteiger partial charge on any atom is -0.494 e. The lowest BCUT2D eigenvalue weighted by atomic mass is 9.87. The van der Waals surface area contributed by atoms with Crippen molar-refractivity contribution < 1.29 is 40.6 Å². The number of halogens is 7. The van der Waals surface area contributed by atoms with Gasteiger partial charge in [-0.3, -0.25) is 0 Å². The highest BCUT2D eigenvalue weighted by Gasteiger charge is 2.73. The molecular weight excluding hydrogens is 333 g/mol. The molecule has 23 heavy (non-hydrogen) atoms. The molecule has 0 aliphatic carbocycles. The summed E-state index contributed by atoms with van der Waals surface area (Å²) < 4.78 is 94.3. The maximum absolute atomic E-state index is 13.5. The quantitative estimate of drug-likeness (QED) is 0.766. The fraction of sp³-hybridized carbons (Fsp3) is 0.571. The van der Waals surface area contributed by atoms with Gasteiger partial charge in [-0.15, -0.1) is 0 Å². The van der Waals surface area contributed by atoms with Gasteiger partial charge in [0.1, 0.15) is 5.75 Å². The number of benzene rings is 1. The molecule has 0 bridgehead atoms. The summed E-state index contributed by atoms with van der Waals surface area (Å²) in [6.07, 6.45) is -8.54. The van der Waals surface area contributed by atoms with Gasteiger partial charge in [-0.05, 0) is 31.5 Å². The fourth-order valence-electron chi connectivity index (χ4n) is 1.94. The molecule has 1 rings (SSSR count). The molecule has 0 saturated carbocycles. The summed E-state index contributed by atoms with van der Waals surface area (Å²) in [5.74, 6) is -11.6. The van der Waals surface area contributed by atoms with E-state index < -0.39 is 30.0 Å². The van der Waals surface area contributed by atoms with Crippen molar-refractivity contribution >= 4 is 0 Å². The molecule has 2 nitrogen and oxygen atoms in total. The van der Waals surface area contributed by atoms with E-state index in [1.165, 1.54) is 12.1 Å². The van der Waals surface area contributed by atoms with Crippen LogP contribution in [0.2, 0.25) is 0 Å². The van der Waals surface area contributed by atoms with Crippen molar-refractivity contribution in [1.29, 1.82) is 0 Å². The zero-order chi connectivity index (χ0) is 18.1. The second kappa shape index (κ2) is 6.18. The molecule has 0 fully saturated rings. The average Bonchev–Trinajstić information content (AvgIpc) is 2.36. The fourth-order valence-corrected chi connectivity index (χ4v) is 1.94. The summed E-state index contributed by atoms with van der Waals surface area (Å²) in [6.45, 7) is 2.58. The highest BCUT2D eigenvalue weighted by molar-refractivity contribution is 5.32. The van der Waals surface area contributed by atoms with Gasteiger partial charge >= 0.3 is 18.0 Å². The summed E-state index contributed by atoms with van der Waals surface area (Å²) in [6, 6.07) is 4.95. The van der Waals surface area contributed by atoms with Gasteiger partial charge in [-0.2, -0.15) is 30.7 Å². The van der Waals surface area contributed by atoms with Gasteiger partial charge in [0.2, 0.25) is 0 Å². The van der Waals surface area contributed by atoms with Crippen LogP contribution in [0.4, 0.5) is 30.7 Å². The van der Waals surface area contributed by atoms with E-state index in [-0.39, 0.29) is 17.9 Å². The average molecular weight is 348 g/mol. The van der Waals surface area contributed by atoms with Crippen molar-refractivity contribution in [2.24, 2.45) is 0 Å². The van der Waals surface area contributed by atoms with Gasteiger partial charge < -0.3 is 9.84 Å². The Morgan fingerprint density at radius 2 is 1.61 bits per heavy atom. The van der Waals surface area contributed by atoms with Crippen molar-refractivity contribution in [1.82, 2.24) is 0 Å². The van der Waals surface area contributed by atoms with E-state index in [0.717, 1.165) is 19.1 Å². The van der Waals surface area contributed by atoms with Crippen LogP contribution in [0.15, 0.2) is 24.3 Å². The van der Waals surface area contributed by atoms with Gasteiger partial charge in [0.25, 0.3) is 0 Å². The number of alkyl halides is 7. The molecule has 0 aromatic heterocycles. The van der Waals surface area contributed by atoms with Crippen LogP contribution in [0.3, 0.4) is 0 Å². The zero-order valence-electron chi connectivity index (χ0n) is 12.2. The third kappa shape index (κ3) is 4.07. The number of rotatable bonds is 6. The molecule has 1 N–H and O–H groups in total. The Bertz CT molecular complexity index is 538. The Labute approximate surface area is 127 Å². The Balaban J connectivity index is 3.12. The van der Waals surface area contributed by atoms with Crippen molar-refractivity contribution in [2.75, 3.05) is 6.61 Å². The Morgan fingerprint density at radius 1 is 1.04 bits per heavy atom. The van der Waals surface area contributed by atoms with E-state index in [2.05, 4.69) is 0 Å². The molecule has 0 saturated heterocycles. The topological polar surface area (TPSA) is 29.5 Å². The van der Waals surface area contributed by atoms with Crippen LogP contribution in [-0.2, 0) is 5.60 Å². The Kier molecular flexibility index (Phi) is 5.25. The van der Waals surface area contributed by atoms with Gasteiger partial charge in [0.15, 0.2) is 0 Å². The number of ether oxygens (including phenoxy) is 1. The number of aliphatic hydroxyl groups is 1. The highest BCUT2D eigenvalue weighted by atomic mass is 19.4. The van der Waals surface area contributed by atoms with E-state index in [4.69, 9.17) is 4.74 Å². The van der Waals surface area contributed by atoms with E-state index in [1.54, 1.807) is 6.92 Å². The molecule has 0 spiro atoms. The maximum atomic E-state index is 13.5. The van der Waals surface area contributed by atoms with Crippen molar-refractivity contribution in [3.8, 4) is 5.75 Å². The lowest BCUT2D eigenvalue weighted by molar-refractivity contribution is -0.361. The molecule has 132 valence electrons. The van der Waals surface area contributed by atoms with Crippen molar-refractivity contribution in [3.05, 3.63) is 29.8 Å². The van der Waals surface area contributed by atoms with E-state index in [1.807, 2.05) is 0 Å². The minimum atomic E-state index is -6.43. The summed E-state index contributed by atoms with van der Waals surface area (Å²) in [5, 5.41) is 10.0. The van der Waals surface area contributed by atoms with Crippen LogP contribution in [0, 0.1) is 0 Å². The maximum Gasteiger partial charge on any atom is 0.459 e. The van der Waals surface area contributed by atoms with Crippen LogP contribution in [-0.4, -0.2) is 29.7 Å². The van der Waals surface area contributed by atoms with E-state index >= 15 is 0 Å². The van der Waals surface area contributed by atoms with Crippen LogP contribution in [0.1, 0.15) is 25.8 Å². The molecule has 0 amide bonds. The normalized spacial score (nSPS) is 16.1. The van der Waals surface area contributed by atoms with Crippen LogP contribution >= 0.6 is 0 Å². The van der Waals surface area contributed by atoms with Crippen LogP contribution in [0.25, 0.3) is 0 Å². The molecule has 1 aromatic carbocycles. The number of hydrogen-bond donors (Lipinski definition) is 1. The van der Waals surface area contributed by atoms with E-state index in [0.29, 0.717) is 0 Å². The summed E-state index contributed by atoms with van der Waals surface area (Å²) in [7, 11) is 0. The summed E-state index contributed by atoms with van der Waals surface area (Å²) in [5.41, 5.74) is -2.88. The predicted molar refractivity (Wildman–Crippen MR) is 67.7 cm³/mol.